The third kappa shape index (κ3) is 11.7. The Balaban J connectivity index is 1.33. The Morgan fingerprint density at radius 1 is 0.571 bits per heavy atom. The fourth-order valence-electron chi connectivity index (χ4n) is 3.81. The first kappa shape index (κ1) is 31.7. The Labute approximate surface area is 246 Å². The van der Waals surface area contributed by atoms with E-state index in [9.17, 15) is 14.4 Å². The van der Waals surface area contributed by atoms with Crippen molar-refractivity contribution in [1.29, 1.82) is 0 Å². The molecule has 0 spiro atoms. The van der Waals surface area contributed by atoms with E-state index in [1.165, 1.54) is 11.6 Å². The van der Waals surface area contributed by atoms with Crippen LogP contribution in [0.4, 0.5) is 0 Å². The zero-order valence-electron chi connectivity index (χ0n) is 23.6. The van der Waals surface area contributed by atoms with Crippen LogP contribution in [0.5, 0.6) is 17.2 Å². The van der Waals surface area contributed by atoms with Gasteiger partial charge in [-0.05, 0) is 98.2 Å². The van der Waals surface area contributed by atoms with Gasteiger partial charge in [0.1, 0.15) is 17.2 Å². The molecule has 0 radical (unpaired) electrons. The quantitative estimate of drug-likeness (QED) is 0.0566. The minimum atomic E-state index is -0.580. The van der Waals surface area contributed by atoms with Crippen LogP contribution in [-0.4, -0.2) is 37.9 Å². The predicted octanol–water partition coefficient (Wildman–Crippen LogP) is 6.42. The molecule has 0 unspecified atom stereocenters. The Kier molecular flexibility index (Phi) is 13.4. The first-order valence-electron chi connectivity index (χ1n) is 13.8. The Morgan fingerprint density at radius 2 is 1.07 bits per heavy atom. The highest BCUT2D eigenvalue weighted by Crippen LogP contribution is 2.19. The highest BCUT2D eigenvalue weighted by Gasteiger charge is 2.09. The summed E-state index contributed by atoms with van der Waals surface area (Å²) >= 11 is 0. The number of aryl methyl sites for hydroxylation is 2. The summed E-state index contributed by atoms with van der Waals surface area (Å²) in [4.78, 5) is 34.5. The molecular weight excluding hydrogens is 536 g/mol. The standard InChI is InChI=1S/C34H36O8/c1-3-32(35)39-24-8-6-5-7-23-38-29-17-11-26(12-18-29)9-10-27-13-19-31(20-14-27)42-34(37)28-15-21-30(22-16-28)40-25-41-33(36)4-2/h3-4,11-22H,1-2,5-10,23-25H2. The molecule has 0 amide bonds. The maximum Gasteiger partial charge on any atom is 0.343 e. The molecule has 0 aromatic heterocycles. The summed E-state index contributed by atoms with van der Waals surface area (Å²) in [6.07, 6.45) is 7.73. The molecule has 0 aliphatic carbocycles. The average Bonchev–Trinajstić information content (AvgIpc) is 3.02. The van der Waals surface area contributed by atoms with Gasteiger partial charge in [0, 0.05) is 12.2 Å². The number of esters is 3. The third-order valence-corrected chi connectivity index (χ3v) is 6.16. The van der Waals surface area contributed by atoms with E-state index in [2.05, 4.69) is 25.3 Å². The van der Waals surface area contributed by atoms with Gasteiger partial charge in [0.15, 0.2) is 0 Å². The molecule has 0 saturated heterocycles. The van der Waals surface area contributed by atoms with Crippen molar-refractivity contribution < 1.29 is 38.1 Å². The Morgan fingerprint density at radius 3 is 1.67 bits per heavy atom. The van der Waals surface area contributed by atoms with Gasteiger partial charge in [-0.2, -0.15) is 0 Å². The van der Waals surface area contributed by atoms with Crippen molar-refractivity contribution in [2.75, 3.05) is 20.0 Å². The molecule has 0 fully saturated rings. The molecule has 8 heteroatoms. The lowest BCUT2D eigenvalue weighted by molar-refractivity contribution is -0.144. The van der Waals surface area contributed by atoms with Gasteiger partial charge in [0.25, 0.3) is 0 Å². The summed E-state index contributed by atoms with van der Waals surface area (Å²) in [5, 5.41) is 0. The maximum absolute atomic E-state index is 12.5. The number of carbonyl (C=O) groups excluding carboxylic acids is 3. The molecule has 0 heterocycles. The first-order chi connectivity index (χ1) is 20.5. The number of unbranched alkanes of at least 4 members (excludes halogenated alkanes) is 3. The van der Waals surface area contributed by atoms with Crippen molar-refractivity contribution in [3.8, 4) is 17.2 Å². The largest absolute Gasteiger partial charge is 0.494 e. The van der Waals surface area contributed by atoms with Crippen molar-refractivity contribution >= 4 is 17.9 Å². The normalized spacial score (nSPS) is 10.3. The lowest BCUT2D eigenvalue weighted by Crippen LogP contribution is -2.09. The molecule has 0 bridgehead atoms. The molecule has 3 aromatic carbocycles. The summed E-state index contributed by atoms with van der Waals surface area (Å²) in [7, 11) is 0. The smallest absolute Gasteiger partial charge is 0.343 e. The van der Waals surface area contributed by atoms with E-state index in [0.717, 1.165) is 55.9 Å². The lowest BCUT2D eigenvalue weighted by Gasteiger charge is -2.09. The van der Waals surface area contributed by atoms with E-state index in [-0.39, 0.29) is 12.8 Å². The number of ether oxygens (including phenoxy) is 5. The molecule has 0 N–H and O–H groups in total. The lowest BCUT2D eigenvalue weighted by atomic mass is 10.0. The van der Waals surface area contributed by atoms with Crippen LogP contribution in [0.3, 0.4) is 0 Å². The van der Waals surface area contributed by atoms with Crippen LogP contribution in [0.2, 0.25) is 0 Å². The van der Waals surface area contributed by atoms with Crippen LogP contribution in [0.15, 0.2) is 98.1 Å². The van der Waals surface area contributed by atoms with Crippen LogP contribution in [0.25, 0.3) is 0 Å². The van der Waals surface area contributed by atoms with Gasteiger partial charge in [-0.15, -0.1) is 0 Å². The van der Waals surface area contributed by atoms with Crippen molar-refractivity contribution in [3.05, 3.63) is 115 Å². The fraction of sp³-hybridized carbons (Fsp3) is 0.265. The maximum atomic E-state index is 12.5. The summed E-state index contributed by atoms with van der Waals surface area (Å²) in [5.41, 5.74) is 2.71. The zero-order valence-corrected chi connectivity index (χ0v) is 23.6. The average molecular weight is 573 g/mol. The van der Waals surface area contributed by atoms with Gasteiger partial charge in [-0.3, -0.25) is 0 Å². The number of hydrogen-bond donors (Lipinski definition) is 0. The Hall–Kier alpha value is -4.85. The second kappa shape index (κ2) is 17.8. The second-order valence-corrected chi connectivity index (χ2v) is 9.27. The van der Waals surface area contributed by atoms with Gasteiger partial charge < -0.3 is 23.7 Å². The van der Waals surface area contributed by atoms with Gasteiger partial charge >= 0.3 is 17.9 Å². The zero-order chi connectivity index (χ0) is 30.0. The molecule has 42 heavy (non-hydrogen) atoms. The van der Waals surface area contributed by atoms with Gasteiger partial charge in [-0.25, -0.2) is 14.4 Å². The molecule has 0 atom stereocenters. The van der Waals surface area contributed by atoms with Gasteiger partial charge in [-0.1, -0.05) is 37.4 Å². The van der Waals surface area contributed by atoms with E-state index in [4.69, 9.17) is 23.7 Å². The molecule has 3 aromatic rings. The summed E-state index contributed by atoms with van der Waals surface area (Å²) in [6.45, 7) is 7.51. The molecule has 0 saturated carbocycles. The molecule has 3 rings (SSSR count). The third-order valence-electron chi connectivity index (χ3n) is 6.16. The van der Waals surface area contributed by atoms with E-state index >= 15 is 0 Å². The van der Waals surface area contributed by atoms with Crippen molar-refractivity contribution in [2.24, 2.45) is 0 Å². The minimum absolute atomic E-state index is 0.248. The summed E-state index contributed by atoms with van der Waals surface area (Å²) in [5.74, 6) is 0.312. The van der Waals surface area contributed by atoms with Crippen molar-refractivity contribution in [1.82, 2.24) is 0 Å². The number of carbonyl (C=O) groups is 3. The first-order valence-corrected chi connectivity index (χ1v) is 13.8. The van der Waals surface area contributed by atoms with E-state index in [1.54, 1.807) is 36.4 Å². The predicted molar refractivity (Wildman–Crippen MR) is 159 cm³/mol. The fourth-order valence-corrected chi connectivity index (χ4v) is 3.81. The van der Waals surface area contributed by atoms with E-state index in [1.807, 2.05) is 24.3 Å². The van der Waals surface area contributed by atoms with E-state index in [0.29, 0.717) is 30.3 Å². The van der Waals surface area contributed by atoms with Crippen LogP contribution in [-0.2, 0) is 31.9 Å². The van der Waals surface area contributed by atoms with Crippen LogP contribution in [0, 0.1) is 0 Å². The number of benzene rings is 3. The number of hydrogen-bond acceptors (Lipinski definition) is 8. The molecule has 220 valence electrons. The van der Waals surface area contributed by atoms with Crippen molar-refractivity contribution in [2.45, 2.75) is 38.5 Å². The molecule has 0 aliphatic rings. The second-order valence-electron chi connectivity index (χ2n) is 9.27. The van der Waals surface area contributed by atoms with Crippen molar-refractivity contribution in [3.63, 3.8) is 0 Å². The highest BCUT2D eigenvalue weighted by molar-refractivity contribution is 5.91. The summed E-state index contributed by atoms with van der Waals surface area (Å²) < 4.78 is 26.3. The van der Waals surface area contributed by atoms with Crippen LogP contribution < -0.4 is 14.2 Å². The SMILES string of the molecule is C=CC(=O)OCCCCCCOc1ccc(CCc2ccc(OC(=O)c3ccc(OCOC(=O)C=C)cc3)cc2)cc1. The topological polar surface area (TPSA) is 97.4 Å². The molecule has 8 nitrogen and oxygen atoms in total. The van der Waals surface area contributed by atoms with Gasteiger partial charge in [0.05, 0.1) is 18.8 Å². The monoisotopic (exact) mass is 572 g/mol. The van der Waals surface area contributed by atoms with Crippen LogP contribution in [0.1, 0.15) is 47.2 Å². The number of rotatable bonds is 18. The van der Waals surface area contributed by atoms with Crippen LogP contribution >= 0.6 is 0 Å². The highest BCUT2D eigenvalue weighted by atomic mass is 16.7. The van der Waals surface area contributed by atoms with Gasteiger partial charge in [0.2, 0.25) is 6.79 Å². The molecular formula is C34H36O8. The van der Waals surface area contributed by atoms with E-state index < -0.39 is 11.9 Å². The minimum Gasteiger partial charge on any atom is -0.494 e. The molecule has 0 aliphatic heterocycles. The Bertz CT molecular complexity index is 1290. The summed E-state index contributed by atoms with van der Waals surface area (Å²) in [6, 6.07) is 21.9.